The minimum absolute atomic E-state index is 0. The highest BCUT2D eigenvalue weighted by molar-refractivity contribution is 6.30. The van der Waals surface area contributed by atoms with Crippen LogP contribution in [-0.4, -0.2) is 29.6 Å². The summed E-state index contributed by atoms with van der Waals surface area (Å²) in [6.07, 6.45) is 3.35. The topological polar surface area (TPSA) is 104 Å². The van der Waals surface area contributed by atoms with E-state index in [1.54, 1.807) is 0 Å². The van der Waals surface area contributed by atoms with Gasteiger partial charge in [-0.05, 0) is 49.3 Å². The SMILES string of the molecule is C.NC[C@H](NC(=O)C1CCC(c2ccc(Cl)cc2)CC1)C(=O)NO. The molecule has 1 aliphatic rings. The van der Waals surface area contributed by atoms with Crippen molar-refractivity contribution in [1.29, 1.82) is 0 Å². The van der Waals surface area contributed by atoms with Gasteiger partial charge in [-0.15, -0.1) is 0 Å². The molecule has 1 aliphatic carbocycles. The Hall–Kier alpha value is -1.63. The second-order valence-electron chi connectivity index (χ2n) is 5.87. The molecule has 0 radical (unpaired) electrons. The lowest BCUT2D eigenvalue weighted by Gasteiger charge is -2.29. The van der Waals surface area contributed by atoms with Crippen molar-refractivity contribution >= 4 is 23.4 Å². The van der Waals surface area contributed by atoms with Crippen molar-refractivity contribution < 1.29 is 14.8 Å². The second kappa shape index (κ2) is 9.61. The molecule has 0 heterocycles. The van der Waals surface area contributed by atoms with Crippen molar-refractivity contribution in [2.75, 3.05) is 6.54 Å². The third kappa shape index (κ3) is 5.19. The number of benzene rings is 1. The number of hydrogen-bond acceptors (Lipinski definition) is 4. The average Bonchev–Trinajstić information content (AvgIpc) is 2.59. The predicted molar refractivity (Wildman–Crippen MR) is 93.8 cm³/mol. The van der Waals surface area contributed by atoms with Crippen molar-refractivity contribution in [2.45, 2.75) is 45.1 Å². The first-order chi connectivity index (χ1) is 11.0. The van der Waals surface area contributed by atoms with Crippen LogP contribution < -0.4 is 16.5 Å². The molecule has 7 heteroatoms. The Bertz CT molecular complexity index is 543. The molecule has 134 valence electrons. The molecule has 1 aromatic rings. The van der Waals surface area contributed by atoms with Crippen molar-refractivity contribution in [1.82, 2.24) is 10.8 Å². The van der Waals surface area contributed by atoms with Crippen LogP contribution in [0.2, 0.25) is 5.02 Å². The van der Waals surface area contributed by atoms with Gasteiger partial charge < -0.3 is 11.1 Å². The maximum absolute atomic E-state index is 12.2. The summed E-state index contributed by atoms with van der Waals surface area (Å²) >= 11 is 5.90. The molecular weight excluding hydrogens is 330 g/mol. The van der Waals surface area contributed by atoms with Crippen LogP contribution in [0, 0.1) is 5.92 Å². The summed E-state index contributed by atoms with van der Waals surface area (Å²) in [5.41, 5.74) is 8.20. The Morgan fingerprint density at radius 2 is 1.79 bits per heavy atom. The van der Waals surface area contributed by atoms with Crippen LogP contribution in [0.3, 0.4) is 0 Å². The summed E-state index contributed by atoms with van der Waals surface area (Å²) in [6, 6.07) is 6.93. The van der Waals surface area contributed by atoms with Gasteiger partial charge in [-0.1, -0.05) is 31.2 Å². The average molecular weight is 356 g/mol. The van der Waals surface area contributed by atoms with Crippen LogP contribution in [-0.2, 0) is 9.59 Å². The Balaban J connectivity index is 0.00000288. The van der Waals surface area contributed by atoms with E-state index in [0.717, 1.165) is 30.7 Å². The van der Waals surface area contributed by atoms with Crippen molar-refractivity contribution in [2.24, 2.45) is 11.7 Å². The number of halogens is 1. The van der Waals surface area contributed by atoms with E-state index in [0.29, 0.717) is 5.92 Å². The Kier molecular flexibility index (Phi) is 8.18. The van der Waals surface area contributed by atoms with Crippen LogP contribution in [0.4, 0.5) is 0 Å². The van der Waals surface area contributed by atoms with Crippen LogP contribution in [0.5, 0.6) is 0 Å². The molecule has 0 spiro atoms. The maximum atomic E-state index is 12.2. The number of nitrogens with two attached hydrogens (primary N) is 1. The van der Waals surface area contributed by atoms with Gasteiger partial charge in [-0.25, -0.2) is 5.48 Å². The van der Waals surface area contributed by atoms with Gasteiger partial charge in [0.05, 0.1) is 0 Å². The largest absolute Gasteiger partial charge is 0.343 e. The lowest BCUT2D eigenvalue weighted by Crippen LogP contribution is -2.51. The van der Waals surface area contributed by atoms with Crippen LogP contribution in [0.1, 0.15) is 44.6 Å². The molecule has 5 N–H and O–H groups in total. The highest BCUT2D eigenvalue weighted by Crippen LogP contribution is 2.36. The minimum Gasteiger partial charge on any atom is -0.343 e. The summed E-state index contributed by atoms with van der Waals surface area (Å²) in [7, 11) is 0. The highest BCUT2D eigenvalue weighted by Gasteiger charge is 2.29. The van der Waals surface area contributed by atoms with E-state index in [1.807, 2.05) is 24.3 Å². The maximum Gasteiger partial charge on any atom is 0.267 e. The van der Waals surface area contributed by atoms with E-state index < -0.39 is 11.9 Å². The fourth-order valence-corrected chi connectivity index (χ4v) is 3.15. The second-order valence-corrected chi connectivity index (χ2v) is 6.31. The summed E-state index contributed by atoms with van der Waals surface area (Å²) < 4.78 is 0. The fourth-order valence-electron chi connectivity index (χ4n) is 3.02. The smallest absolute Gasteiger partial charge is 0.267 e. The molecule has 1 fully saturated rings. The van der Waals surface area contributed by atoms with Gasteiger partial charge in [-0.2, -0.15) is 0 Å². The lowest BCUT2D eigenvalue weighted by molar-refractivity contribution is -0.136. The molecule has 0 aromatic heterocycles. The molecule has 1 aromatic carbocycles. The first-order valence-electron chi connectivity index (χ1n) is 7.75. The van der Waals surface area contributed by atoms with E-state index in [4.69, 9.17) is 22.5 Å². The normalized spacial score (nSPS) is 21.3. The van der Waals surface area contributed by atoms with Crippen molar-refractivity contribution in [3.8, 4) is 0 Å². The summed E-state index contributed by atoms with van der Waals surface area (Å²) in [4.78, 5) is 23.6. The van der Waals surface area contributed by atoms with Gasteiger partial charge >= 0.3 is 0 Å². The molecule has 24 heavy (non-hydrogen) atoms. The molecule has 2 amide bonds. The monoisotopic (exact) mass is 355 g/mol. The molecule has 0 aliphatic heterocycles. The van der Waals surface area contributed by atoms with Crippen LogP contribution in [0.25, 0.3) is 0 Å². The number of carbonyl (C=O) groups is 2. The van der Waals surface area contributed by atoms with E-state index in [1.165, 1.54) is 11.0 Å². The number of amides is 2. The number of carbonyl (C=O) groups excluding carboxylic acids is 2. The quantitative estimate of drug-likeness (QED) is 0.480. The highest BCUT2D eigenvalue weighted by atomic mass is 35.5. The van der Waals surface area contributed by atoms with E-state index in [9.17, 15) is 9.59 Å². The first-order valence-corrected chi connectivity index (χ1v) is 8.12. The van der Waals surface area contributed by atoms with E-state index in [-0.39, 0.29) is 25.8 Å². The zero-order chi connectivity index (χ0) is 16.8. The van der Waals surface area contributed by atoms with E-state index in [2.05, 4.69) is 5.32 Å². The van der Waals surface area contributed by atoms with Gasteiger partial charge in [0.25, 0.3) is 5.91 Å². The van der Waals surface area contributed by atoms with Gasteiger partial charge in [0.2, 0.25) is 5.91 Å². The molecule has 2 rings (SSSR count). The number of hydrogen-bond donors (Lipinski definition) is 4. The predicted octanol–water partition coefficient (Wildman–Crippen LogP) is 2.20. The zero-order valence-electron chi connectivity index (χ0n) is 12.8. The third-order valence-electron chi connectivity index (χ3n) is 4.42. The first kappa shape index (κ1) is 20.4. The molecule has 0 unspecified atom stereocenters. The summed E-state index contributed by atoms with van der Waals surface area (Å²) in [5, 5.41) is 11.9. The molecule has 6 nitrogen and oxygen atoms in total. The van der Waals surface area contributed by atoms with Crippen LogP contribution in [0.15, 0.2) is 24.3 Å². The van der Waals surface area contributed by atoms with Gasteiger partial charge in [0, 0.05) is 17.5 Å². The van der Waals surface area contributed by atoms with Crippen molar-refractivity contribution in [3.05, 3.63) is 34.9 Å². The number of hydroxylamine groups is 1. The Labute approximate surface area is 147 Å². The third-order valence-corrected chi connectivity index (χ3v) is 4.67. The molecular formula is C17H26ClN3O3. The van der Waals surface area contributed by atoms with Crippen molar-refractivity contribution in [3.63, 3.8) is 0 Å². The summed E-state index contributed by atoms with van der Waals surface area (Å²) in [5.74, 6) is -0.573. The molecule has 1 saturated carbocycles. The van der Waals surface area contributed by atoms with Crippen LogP contribution >= 0.6 is 11.6 Å². The molecule has 1 atom stereocenters. The van der Waals surface area contributed by atoms with E-state index >= 15 is 0 Å². The minimum atomic E-state index is -0.901. The number of nitrogens with one attached hydrogen (secondary N) is 2. The standard InChI is InChI=1S/C16H22ClN3O3.CH4/c17-13-7-5-11(6-8-13)10-1-3-12(4-2-10)15(21)19-14(9-18)16(22)20-23;/h5-8,10,12,14,23H,1-4,9,18H2,(H,19,21)(H,20,22);1H4/t10?,12?,14-;/m0./s1. The molecule has 0 saturated heterocycles. The fraction of sp³-hybridized carbons (Fsp3) is 0.529. The lowest BCUT2D eigenvalue weighted by atomic mass is 9.78. The van der Waals surface area contributed by atoms with Gasteiger partial charge in [0.1, 0.15) is 6.04 Å². The Morgan fingerprint density at radius 1 is 1.21 bits per heavy atom. The van der Waals surface area contributed by atoms with Gasteiger partial charge in [-0.3, -0.25) is 14.8 Å². The summed E-state index contributed by atoms with van der Waals surface area (Å²) in [6.45, 7) is -0.0573. The Morgan fingerprint density at radius 3 is 2.29 bits per heavy atom. The zero-order valence-corrected chi connectivity index (χ0v) is 13.6. The van der Waals surface area contributed by atoms with Gasteiger partial charge in [0.15, 0.2) is 0 Å². The molecule has 0 bridgehead atoms. The number of rotatable bonds is 5.